The lowest BCUT2D eigenvalue weighted by Gasteiger charge is -2.09. The summed E-state index contributed by atoms with van der Waals surface area (Å²) in [6.45, 7) is 8.25. The minimum absolute atomic E-state index is 0.0805. The second kappa shape index (κ2) is 5.23. The number of rotatable bonds is 5. The second-order valence-corrected chi connectivity index (χ2v) is 4.40. The molecule has 0 unspecified atom stereocenters. The molecule has 1 aromatic heterocycles. The maximum absolute atomic E-state index is 9.31. The van der Waals surface area contributed by atoms with E-state index in [0.717, 1.165) is 16.8 Å². The zero-order valence-electron chi connectivity index (χ0n) is 10.8. The number of aromatic nitrogens is 2. The Labute approximate surface area is 107 Å². The van der Waals surface area contributed by atoms with E-state index in [1.54, 1.807) is 6.08 Å². The maximum atomic E-state index is 9.31. The quantitative estimate of drug-likeness (QED) is 0.824. The van der Waals surface area contributed by atoms with Crippen molar-refractivity contribution < 1.29 is 9.84 Å². The lowest BCUT2D eigenvalue weighted by Crippen LogP contribution is -2.05. The van der Waals surface area contributed by atoms with Gasteiger partial charge in [-0.15, -0.1) is 6.58 Å². The Morgan fingerprint density at radius 1 is 1.50 bits per heavy atom. The molecule has 4 nitrogen and oxygen atoms in total. The van der Waals surface area contributed by atoms with E-state index in [-0.39, 0.29) is 12.7 Å². The third-order valence-electron chi connectivity index (χ3n) is 2.62. The molecule has 0 aliphatic heterocycles. The summed E-state index contributed by atoms with van der Waals surface area (Å²) in [5, 5.41) is 9.31. The van der Waals surface area contributed by atoms with Gasteiger partial charge in [0, 0.05) is 12.6 Å². The Morgan fingerprint density at radius 3 is 2.89 bits per heavy atom. The fourth-order valence-electron chi connectivity index (χ4n) is 1.96. The summed E-state index contributed by atoms with van der Waals surface area (Å²) < 4.78 is 7.58. The van der Waals surface area contributed by atoms with Gasteiger partial charge < -0.3 is 14.4 Å². The SMILES string of the molecule is C=CCn1c(CO)nc2cc(OC(C)C)ccc21. The third kappa shape index (κ3) is 2.38. The highest BCUT2D eigenvalue weighted by molar-refractivity contribution is 5.77. The van der Waals surface area contributed by atoms with Gasteiger partial charge in [-0.25, -0.2) is 4.98 Å². The lowest BCUT2D eigenvalue weighted by molar-refractivity contribution is 0.242. The van der Waals surface area contributed by atoms with E-state index in [9.17, 15) is 5.11 Å². The Hall–Kier alpha value is -1.81. The molecule has 96 valence electrons. The number of imidazole rings is 1. The van der Waals surface area contributed by atoms with E-state index in [1.165, 1.54) is 0 Å². The van der Waals surface area contributed by atoms with Crippen LogP contribution < -0.4 is 4.74 Å². The standard InChI is InChI=1S/C14H18N2O2/c1-4-7-16-13-6-5-11(18-10(2)3)8-12(13)15-14(16)9-17/h4-6,8,10,17H,1,7,9H2,2-3H3. The predicted octanol–water partition coefficient (Wildman–Crippen LogP) is 2.50. The largest absolute Gasteiger partial charge is 0.491 e. The van der Waals surface area contributed by atoms with Crippen LogP contribution >= 0.6 is 0 Å². The van der Waals surface area contributed by atoms with Crippen LogP contribution in [0.3, 0.4) is 0 Å². The minimum Gasteiger partial charge on any atom is -0.491 e. The zero-order valence-corrected chi connectivity index (χ0v) is 10.8. The van der Waals surface area contributed by atoms with Crippen molar-refractivity contribution in [3.63, 3.8) is 0 Å². The normalized spacial score (nSPS) is 11.1. The number of hydrogen-bond acceptors (Lipinski definition) is 3. The average molecular weight is 246 g/mol. The molecule has 4 heteroatoms. The van der Waals surface area contributed by atoms with E-state index < -0.39 is 0 Å². The molecule has 18 heavy (non-hydrogen) atoms. The Kier molecular flexibility index (Phi) is 3.67. The first-order valence-corrected chi connectivity index (χ1v) is 6.03. The van der Waals surface area contributed by atoms with Gasteiger partial charge in [0.25, 0.3) is 0 Å². The van der Waals surface area contributed by atoms with E-state index >= 15 is 0 Å². The van der Waals surface area contributed by atoms with Gasteiger partial charge in [0.2, 0.25) is 0 Å². The summed E-state index contributed by atoms with van der Waals surface area (Å²) in [6, 6.07) is 5.78. The average Bonchev–Trinajstić information content (AvgIpc) is 2.66. The summed E-state index contributed by atoms with van der Waals surface area (Å²) in [5.41, 5.74) is 1.81. The summed E-state index contributed by atoms with van der Waals surface area (Å²) in [6.07, 6.45) is 1.92. The van der Waals surface area contributed by atoms with Crippen LogP contribution in [0.5, 0.6) is 5.75 Å². The minimum atomic E-state index is -0.0805. The van der Waals surface area contributed by atoms with Gasteiger partial charge >= 0.3 is 0 Å². The number of allylic oxidation sites excluding steroid dienone is 1. The molecular formula is C14H18N2O2. The molecule has 0 saturated carbocycles. The predicted molar refractivity (Wildman–Crippen MR) is 71.6 cm³/mol. The van der Waals surface area contributed by atoms with Gasteiger partial charge in [0.1, 0.15) is 18.2 Å². The van der Waals surface area contributed by atoms with Crippen molar-refractivity contribution in [1.29, 1.82) is 0 Å². The first kappa shape index (κ1) is 12.6. The Balaban J connectivity index is 2.48. The molecule has 0 amide bonds. The monoisotopic (exact) mass is 246 g/mol. The van der Waals surface area contributed by atoms with E-state index in [0.29, 0.717) is 12.4 Å². The molecule has 2 rings (SSSR count). The van der Waals surface area contributed by atoms with Crippen LogP contribution in [0.4, 0.5) is 0 Å². The number of aliphatic hydroxyl groups is 1. The van der Waals surface area contributed by atoms with Crippen molar-refractivity contribution in [2.24, 2.45) is 0 Å². The van der Waals surface area contributed by atoms with Gasteiger partial charge in [0.15, 0.2) is 0 Å². The number of fused-ring (bicyclic) bond motifs is 1. The molecule has 0 radical (unpaired) electrons. The van der Waals surface area contributed by atoms with Crippen LogP contribution in [0.25, 0.3) is 11.0 Å². The maximum Gasteiger partial charge on any atom is 0.136 e. The van der Waals surface area contributed by atoms with Crippen molar-refractivity contribution in [2.75, 3.05) is 0 Å². The van der Waals surface area contributed by atoms with Crippen molar-refractivity contribution in [2.45, 2.75) is 33.1 Å². The molecule has 0 atom stereocenters. The van der Waals surface area contributed by atoms with Gasteiger partial charge in [-0.05, 0) is 26.0 Å². The second-order valence-electron chi connectivity index (χ2n) is 4.40. The van der Waals surface area contributed by atoms with Crippen LogP contribution in [-0.4, -0.2) is 20.8 Å². The van der Waals surface area contributed by atoms with Crippen molar-refractivity contribution in [3.05, 3.63) is 36.7 Å². The molecular weight excluding hydrogens is 228 g/mol. The summed E-state index contributed by atoms with van der Waals surface area (Å²) in [7, 11) is 0. The number of aliphatic hydroxyl groups excluding tert-OH is 1. The van der Waals surface area contributed by atoms with Crippen LogP contribution in [0.2, 0.25) is 0 Å². The first-order chi connectivity index (χ1) is 8.65. The molecule has 1 aromatic carbocycles. The fraction of sp³-hybridized carbons (Fsp3) is 0.357. The molecule has 1 heterocycles. The van der Waals surface area contributed by atoms with Gasteiger partial charge in [-0.3, -0.25) is 0 Å². The molecule has 0 saturated heterocycles. The molecule has 0 aliphatic rings. The Bertz CT molecular complexity index is 558. The van der Waals surface area contributed by atoms with Crippen molar-refractivity contribution >= 4 is 11.0 Å². The molecule has 1 N–H and O–H groups in total. The highest BCUT2D eigenvalue weighted by Gasteiger charge is 2.10. The van der Waals surface area contributed by atoms with Crippen molar-refractivity contribution in [1.82, 2.24) is 9.55 Å². The number of hydrogen-bond donors (Lipinski definition) is 1. The third-order valence-corrected chi connectivity index (χ3v) is 2.62. The number of ether oxygens (including phenoxy) is 1. The molecule has 0 bridgehead atoms. The van der Waals surface area contributed by atoms with Crippen LogP contribution in [-0.2, 0) is 13.2 Å². The van der Waals surface area contributed by atoms with Gasteiger partial charge in [0.05, 0.1) is 17.1 Å². The summed E-state index contributed by atoms with van der Waals surface area (Å²) in [5.74, 6) is 1.44. The first-order valence-electron chi connectivity index (χ1n) is 6.03. The van der Waals surface area contributed by atoms with Crippen LogP contribution in [0.1, 0.15) is 19.7 Å². The highest BCUT2D eigenvalue weighted by Crippen LogP contribution is 2.23. The van der Waals surface area contributed by atoms with E-state index in [2.05, 4.69) is 11.6 Å². The van der Waals surface area contributed by atoms with Crippen molar-refractivity contribution in [3.8, 4) is 5.75 Å². The van der Waals surface area contributed by atoms with E-state index in [1.807, 2.05) is 36.6 Å². The van der Waals surface area contributed by atoms with Gasteiger partial charge in [-0.1, -0.05) is 6.08 Å². The number of nitrogens with zero attached hydrogens (tertiary/aromatic N) is 2. The summed E-state index contributed by atoms with van der Waals surface area (Å²) in [4.78, 5) is 4.40. The molecule has 0 aliphatic carbocycles. The Morgan fingerprint density at radius 2 is 2.28 bits per heavy atom. The zero-order chi connectivity index (χ0) is 13.1. The van der Waals surface area contributed by atoms with Crippen LogP contribution in [0.15, 0.2) is 30.9 Å². The molecule has 2 aromatic rings. The molecule has 0 spiro atoms. The number of benzene rings is 1. The summed E-state index contributed by atoms with van der Waals surface area (Å²) >= 11 is 0. The van der Waals surface area contributed by atoms with E-state index in [4.69, 9.17) is 4.74 Å². The smallest absolute Gasteiger partial charge is 0.136 e. The highest BCUT2D eigenvalue weighted by atomic mass is 16.5. The lowest BCUT2D eigenvalue weighted by atomic mass is 10.3. The fourth-order valence-corrected chi connectivity index (χ4v) is 1.96. The topological polar surface area (TPSA) is 47.3 Å². The van der Waals surface area contributed by atoms with Crippen LogP contribution in [0, 0.1) is 0 Å². The molecule has 0 fully saturated rings. The van der Waals surface area contributed by atoms with Gasteiger partial charge in [-0.2, -0.15) is 0 Å².